The van der Waals surface area contributed by atoms with E-state index in [0.717, 1.165) is 19.6 Å². The molecule has 2 aliphatic rings. The van der Waals surface area contributed by atoms with Crippen molar-refractivity contribution in [3.05, 3.63) is 0 Å². The zero-order valence-electron chi connectivity index (χ0n) is 15.4. The molecular weight excluding hydrogens is 286 g/mol. The van der Waals surface area contributed by atoms with Crippen molar-refractivity contribution in [3.63, 3.8) is 0 Å². The van der Waals surface area contributed by atoms with Crippen molar-refractivity contribution in [2.75, 3.05) is 26.2 Å². The van der Waals surface area contributed by atoms with Crippen molar-refractivity contribution >= 4 is 5.97 Å². The molecule has 0 aliphatic heterocycles. The largest absolute Gasteiger partial charge is 0.464 e. The van der Waals surface area contributed by atoms with Gasteiger partial charge in [0, 0.05) is 6.54 Å². The van der Waals surface area contributed by atoms with Gasteiger partial charge in [-0.15, -0.1) is 0 Å². The molecule has 134 valence electrons. The van der Waals surface area contributed by atoms with Gasteiger partial charge < -0.3 is 9.64 Å². The lowest BCUT2D eigenvalue weighted by Crippen LogP contribution is -2.36. The van der Waals surface area contributed by atoms with Crippen molar-refractivity contribution in [2.45, 2.75) is 78.1 Å². The molecule has 0 atom stereocenters. The first-order valence-electron chi connectivity index (χ1n) is 10.1. The van der Waals surface area contributed by atoms with Crippen LogP contribution < -0.4 is 0 Å². The monoisotopic (exact) mass is 323 g/mol. The molecule has 0 radical (unpaired) electrons. The van der Waals surface area contributed by atoms with Crippen LogP contribution in [0.4, 0.5) is 0 Å². The number of carbonyl (C=O) groups excluding carboxylic acids is 1. The van der Waals surface area contributed by atoms with Crippen LogP contribution in [0.5, 0.6) is 0 Å². The Kier molecular flexibility index (Phi) is 8.43. The van der Waals surface area contributed by atoms with Crippen LogP contribution in [-0.2, 0) is 9.53 Å². The summed E-state index contributed by atoms with van der Waals surface area (Å²) in [6.45, 7) is 7.83. The first-order valence-corrected chi connectivity index (χ1v) is 10.1. The molecule has 2 fully saturated rings. The molecule has 0 unspecified atom stereocenters. The number of hydrogen-bond donors (Lipinski definition) is 0. The van der Waals surface area contributed by atoms with E-state index in [1.165, 1.54) is 64.2 Å². The quantitative estimate of drug-likeness (QED) is 0.609. The van der Waals surface area contributed by atoms with Crippen LogP contribution >= 0.6 is 0 Å². The number of carbonyl (C=O) groups is 1. The fourth-order valence-electron chi connectivity index (χ4n) is 4.67. The summed E-state index contributed by atoms with van der Waals surface area (Å²) in [5, 5.41) is 0. The zero-order valence-corrected chi connectivity index (χ0v) is 15.4. The highest BCUT2D eigenvalue weighted by Gasteiger charge is 2.37. The van der Waals surface area contributed by atoms with Crippen molar-refractivity contribution < 1.29 is 9.53 Å². The summed E-state index contributed by atoms with van der Waals surface area (Å²) in [4.78, 5) is 15.2. The van der Waals surface area contributed by atoms with Gasteiger partial charge in [-0.1, -0.05) is 52.4 Å². The van der Waals surface area contributed by atoms with Gasteiger partial charge in [0.25, 0.3) is 0 Å². The Morgan fingerprint density at radius 1 is 0.913 bits per heavy atom. The fraction of sp³-hybridized carbons (Fsp3) is 0.950. The topological polar surface area (TPSA) is 29.5 Å². The molecule has 0 amide bonds. The normalized spacial score (nSPS) is 21.0. The van der Waals surface area contributed by atoms with E-state index in [-0.39, 0.29) is 11.9 Å². The van der Waals surface area contributed by atoms with Crippen LogP contribution in [0.15, 0.2) is 0 Å². The van der Waals surface area contributed by atoms with Gasteiger partial charge in [-0.05, 0) is 50.6 Å². The summed E-state index contributed by atoms with van der Waals surface area (Å²) in [5.41, 5.74) is 0. The Morgan fingerprint density at radius 3 is 1.83 bits per heavy atom. The van der Waals surface area contributed by atoms with Gasteiger partial charge in [-0.25, -0.2) is 0 Å². The Bertz CT molecular complexity index is 311. The third-order valence-electron chi connectivity index (χ3n) is 6.13. The molecule has 0 heterocycles. The molecule has 0 spiro atoms. The number of ether oxygens (including phenoxy) is 1. The minimum atomic E-state index is 0.121. The Morgan fingerprint density at radius 2 is 1.39 bits per heavy atom. The van der Waals surface area contributed by atoms with Crippen LogP contribution in [0.25, 0.3) is 0 Å². The smallest absolute Gasteiger partial charge is 0.309 e. The number of nitrogens with zero attached hydrogens (tertiary/aromatic N) is 1. The predicted molar refractivity (Wildman–Crippen MR) is 95.4 cm³/mol. The standard InChI is InChI=1S/C20H37NO2/c1-3-21(4-2)15-16-23-20(22)19(17-11-7-5-8-12-17)18-13-9-6-10-14-18/h17-19H,3-16H2,1-2H3. The SMILES string of the molecule is CCN(CC)CCOC(=O)C(C1CCCCC1)C1CCCCC1. The predicted octanol–water partition coefficient (Wildman–Crippen LogP) is 4.65. The van der Waals surface area contributed by atoms with Gasteiger partial charge in [0.1, 0.15) is 6.61 Å². The Labute approximate surface area is 143 Å². The molecule has 2 aliphatic carbocycles. The minimum Gasteiger partial charge on any atom is -0.464 e. The minimum absolute atomic E-state index is 0.121. The maximum Gasteiger partial charge on any atom is 0.309 e. The molecule has 3 nitrogen and oxygen atoms in total. The maximum atomic E-state index is 12.9. The first-order chi connectivity index (χ1) is 11.3. The third-order valence-corrected chi connectivity index (χ3v) is 6.13. The van der Waals surface area contributed by atoms with Gasteiger partial charge >= 0.3 is 5.97 Å². The van der Waals surface area contributed by atoms with E-state index in [1.54, 1.807) is 0 Å². The van der Waals surface area contributed by atoms with E-state index in [1.807, 2.05) is 0 Å². The highest BCUT2D eigenvalue weighted by Crippen LogP contribution is 2.40. The van der Waals surface area contributed by atoms with Crippen molar-refractivity contribution in [1.29, 1.82) is 0 Å². The number of rotatable bonds is 8. The van der Waals surface area contributed by atoms with E-state index in [0.29, 0.717) is 18.4 Å². The molecule has 0 saturated heterocycles. The summed E-state index contributed by atoms with van der Waals surface area (Å²) >= 11 is 0. The van der Waals surface area contributed by atoms with E-state index in [4.69, 9.17) is 4.74 Å². The summed E-state index contributed by atoms with van der Waals surface area (Å²) in [5.74, 6) is 1.49. The first kappa shape index (κ1) is 18.8. The number of hydrogen-bond acceptors (Lipinski definition) is 3. The molecular formula is C20H37NO2. The van der Waals surface area contributed by atoms with E-state index in [2.05, 4.69) is 18.7 Å². The zero-order chi connectivity index (χ0) is 16.5. The lowest BCUT2D eigenvalue weighted by molar-refractivity contribution is -0.154. The summed E-state index contributed by atoms with van der Waals surface area (Å²) < 4.78 is 5.76. The highest BCUT2D eigenvalue weighted by molar-refractivity contribution is 5.73. The maximum absolute atomic E-state index is 12.9. The van der Waals surface area contributed by atoms with Crippen LogP contribution in [0, 0.1) is 17.8 Å². The van der Waals surface area contributed by atoms with Crippen LogP contribution in [0.3, 0.4) is 0 Å². The molecule has 23 heavy (non-hydrogen) atoms. The third kappa shape index (κ3) is 5.77. The Hall–Kier alpha value is -0.570. The highest BCUT2D eigenvalue weighted by atomic mass is 16.5. The second-order valence-corrected chi connectivity index (χ2v) is 7.52. The summed E-state index contributed by atoms with van der Waals surface area (Å²) in [6, 6.07) is 0. The van der Waals surface area contributed by atoms with E-state index >= 15 is 0 Å². The lowest BCUT2D eigenvalue weighted by Gasteiger charge is -2.36. The second-order valence-electron chi connectivity index (χ2n) is 7.52. The molecule has 0 aromatic rings. The van der Waals surface area contributed by atoms with Crippen LogP contribution in [-0.4, -0.2) is 37.1 Å². The second kappa shape index (κ2) is 10.3. The van der Waals surface area contributed by atoms with Crippen molar-refractivity contribution in [1.82, 2.24) is 4.90 Å². The van der Waals surface area contributed by atoms with Crippen LogP contribution in [0.2, 0.25) is 0 Å². The summed E-state index contributed by atoms with van der Waals surface area (Å²) in [7, 11) is 0. The average molecular weight is 324 g/mol. The molecule has 0 aromatic heterocycles. The van der Waals surface area contributed by atoms with Gasteiger partial charge in [-0.2, -0.15) is 0 Å². The molecule has 3 heteroatoms. The number of likely N-dealkylation sites (N-methyl/N-ethyl adjacent to an activating group) is 1. The number of esters is 1. The molecule has 2 rings (SSSR count). The van der Waals surface area contributed by atoms with Crippen molar-refractivity contribution in [2.24, 2.45) is 17.8 Å². The average Bonchev–Trinajstić information content (AvgIpc) is 2.61. The van der Waals surface area contributed by atoms with Crippen LogP contribution in [0.1, 0.15) is 78.1 Å². The molecule has 0 aromatic carbocycles. The van der Waals surface area contributed by atoms with E-state index < -0.39 is 0 Å². The molecule has 0 bridgehead atoms. The van der Waals surface area contributed by atoms with Crippen molar-refractivity contribution in [3.8, 4) is 0 Å². The van der Waals surface area contributed by atoms with Gasteiger partial charge in [-0.3, -0.25) is 4.79 Å². The van der Waals surface area contributed by atoms with Gasteiger partial charge in [0.2, 0.25) is 0 Å². The fourth-order valence-corrected chi connectivity index (χ4v) is 4.67. The lowest BCUT2D eigenvalue weighted by atomic mass is 9.69. The molecule has 0 N–H and O–H groups in total. The van der Waals surface area contributed by atoms with Gasteiger partial charge in [0.05, 0.1) is 5.92 Å². The molecule has 2 saturated carbocycles. The van der Waals surface area contributed by atoms with E-state index in [9.17, 15) is 4.79 Å². The Balaban J connectivity index is 1.90. The summed E-state index contributed by atoms with van der Waals surface area (Å²) in [6.07, 6.45) is 12.9. The van der Waals surface area contributed by atoms with Gasteiger partial charge in [0.15, 0.2) is 0 Å².